The summed E-state index contributed by atoms with van der Waals surface area (Å²) in [7, 11) is 0. The standard InChI is InChI=1S/C31H37N3O6/c1-5-22(25(28(37)38)32-29(39)31(6-2,7-3)30(40)33-17-8-9-18-33)20-13-15-21(16-14-20)34-26(35)23-12-10-11-19(4)24(23)27(34)36/h10-16,22,25H,5-9,17-18H2,1-4H3,(H,32,39)(H,37,38)/t22?,25-/m0/s1. The van der Waals surface area contributed by atoms with E-state index in [4.69, 9.17) is 0 Å². The van der Waals surface area contributed by atoms with Crippen LogP contribution in [-0.2, 0) is 14.4 Å². The largest absolute Gasteiger partial charge is 0.480 e. The smallest absolute Gasteiger partial charge is 0.326 e. The number of nitrogens with one attached hydrogen (secondary N) is 1. The first kappa shape index (κ1) is 29.0. The Balaban J connectivity index is 1.58. The van der Waals surface area contributed by atoms with Crippen molar-refractivity contribution in [2.24, 2.45) is 5.41 Å². The van der Waals surface area contributed by atoms with Gasteiger partial charge < -0.3 is 15.3 Å². The Kier molecular flexibility index (Phi) is 8.42. The summed E-state index contributed by atoms with van der Waals surface area (Å²) in [6.45, 7) is 8.38. The van der Waals surface area contributed by atoms with Crippen molar-refractivity contribution >= 4 is 35.3 Å². The normalized spacial score (nSPS) is 16.6. The van der Waals surface area contributed by atoms with E-state index in [2.05, 4.69) is 5.32 Å². The van der Waals surface area contributed by atoms with Gasteiger partial charge in [0.15, 0.2) is 0 Å². The highest BCUT2D eigenvalue weighted by Gasteiger charge is 2.47. The van der Waals surface area contributed by atoms with Gasteiger partial charge in [-0.2, -0.15) is 0 Å². The molecule has 0 radical (unpaired) electrons. The summed E-state index contributed by atoms with van der Waals surface area (Å²) in [4.78, 5) is 68.4. The molecule has 1 unspecified atom stereocenters. The summed E-state index contributed by atoms with van der Waals surface area (Å²) >= 11 is 0. The van der Waals surface area contributed by atoms with E-state index < -0.39 is 41.1 Å². The van der Waals surface area contributed by atoms with E-state index in [9.17, 15) is 29.1 Å². The third-order valence-electron chi connectivity index (χ3n) is 8.54. The first-order valence-electron chi connectivity index (χ1n) is 14.0. The number of carbonyl (C=O) groups excluding carboxylic acids is 4. The molecular weight excluding hydrogens is 510 g/mol. The van der Waals surface area contributed by atoms with Crippen LogP contribution in [0, 0.1) is 12.3 Å². The Morgan fingerprint density at radius 1 is 0.950 bits per heavy atom. The zero-order valence-electron chi connectivity index (χ0n) is 23.5. The van der Waals surface area contributed by atoms with E-state index in [1.807, 2.05) is 6.92 Å². The van der Waals surface area contributed by atoms with Crippen LogP contribution in [0.2, 0.25) is 0 Å². The average molecular weight is 548 g/mol. The summed E-state index contributed by atoms with van der Waals surface area (Å²) in [5.74, 6) is -3.42. The number of carbonyl (C=O) groups is 5. The molecule has 4 amide bonds. The number of likely N-dealkylation sites (tertiary alicyclic amines) is 1. The molecular formula is C31H37N3O6. The maximum Gasteiger partial charge on any atom is 0.326 e. The lowest BCUT2D eigenvalue weighted by molar-refractivity contribution is -0.154. The molecule has 2 aromatic carbocycles. The molecule has 0 spiro atoms. The predicted molar refractivity (Wildman–Crippen MR) is 150 cm³/mol. The lowest BCUT2D eigenvalue weighted by atomic mass is 9.78. The highest BCUT2D eigenvalue weighted by Crippen LogP contribution is 2.34. The van der Waals surface area contributed by atoms with Crippen molar-refractivity contribution in [3.05, 3.63) is 64.7 Å². The van der Waals surface area contributed by atoms with Crippen molar-refractivity contribution < 1.29 is 29.1 Å². The maximum atomic E-state index is 13.6. The number of rotatable bonds is 10. The number of nitrogens with zero attached hydrogens (tertiary/aromatic N) is 2. The minimum absolute atomic E-state index is 0.245. The Morgan fingerprint density at radius 3 is 2.10 bits per heavy atom. The van der Waals surface area contributed by atoms with E-state index in [-0.39, 0.29) is 18.7 Å². The first-order chi connectivity index (χ1) is 19.1. The van der Waals surface area contributed by atoms with Gasteiger partial charge in [0, 0.05) is 19.0 Å². The fourth-order valence-electron chi connectivity index (χ4n) is 6.03. The summed E-state index contributed by atoms with van der Waals surface area (Å²) in [6, 6.07) is 10.5. The topological polar surface area (TPSA) is 124 Å². The number of hydrogen-bond acceptors (Lipinski definition) is 5. The number of fused-ring (bicyclic) bond motifs is 1. The van der Waals surface area contributed by atoms with Crippen molar-refractivity contribution in [3.63, 3.8) is 0 Å². The second kappa shape index (κ2) is 11.6. The number of anilines is 1. The fraction of sp³-hybridized carbons (Fsp3) is 0.452. The van der Waals surface area contributed by atoms with Crippen LogP contribution in [0.1, 0.15) is 90.6 Å². The summed E-state index contributed by atoms with van der Waals surface area (Å²) in [6.07, 6.45) is 2.71. The molecule has 2 atom stereocenters. The Morgan fingerprint density at radius 2 is 1.57 bits per heavy atom. The molecule has 2 heterocycles. The zero-order valence-corrected chi connectivity index (χ0v) is 23.5. The van der Waals surface area contributed by atoms with Gasteiger partial charge in [0.1, 0.15) is 11.5 Å². The van der Waals surface area contributed by atoms with Crippen LogP contribution in [0.15, 0.2) is 42.5 Å². The number of hydrogen-bond donors (Lipinski definition) is 2. The number of carboxylic acids is 1. The molecule has 9 heteroatoms. The Bertz CT molecular complexity index is 1330. The Labute approximate surface area is 234 Å². The van der Waals surface area contributed by atoms with Crippen molar-refractivity contribution in [3.8, 4) is 0 Å². The van der Waals surface area contributed by atoms with Crippen LogP contribution in [0.25, 0.3) is 0 Å². The lowest BCUT2D eigenvalue weighted by Crippen LogP contribution is -2.56. The monoisotopic (exact) mass is 547 g/mol. The number of carboxylic acid groups (broad SMARTS) is 1. The number of aliphatic carboxylic acids is 1. The van der Waals surface area contributed by atoms with Gasteiger partial charge in [0.25, 0.3) is 11.8 Å². The van der Waals surface area contributed by atoms with E-state index >= 15 is 0 Å². The van der Waals surface area contributed by atoms with Gasteiger partial charge in [0.2, 0.25) is 11.8 Å². The highest BCUT2D eigenvalue weighted by molar-refractivity contribution is 6.34. The van der Waals surface area contributed by atoms with Gasteiger partial charge in [-0.05, 0) is 68.4 Å². The van der Waals surface area contributed by atoms with E-state index in [0.717, 1.165) is 23.3 Å². The van der Waals surface area contributed by atoms with Crippen LogP contribution < -0.4 is 10.2 Å². The molecule has 2 aliphatic rings. The van der Waals surface area contributed by atoms with E-state index in [1.165, 1.54) is 0 Å². The molecule has 0 aromatic heterocycles. The van der Waals surface area contributed by atoms with Crippen LogP contribution in [0.4, 0.5) is 5.69 Å². The Hall–Kier alpha value is -4.01. The van der Waals surface area contributed by atoms with Crippen LogP contribution in [-0.4, -0.2) is 58.7 Å². The maximum absolute atomic E-state index is 13.6. The predicted octanol–water partition coefficient (Wildman–Crippen LogP) is 4.29. The second-order valence-electron chi connectivity index (χ2n) is 10.6. The molecule has 1 saturated heterocycles. The fourth-order valence-corrected chi connectivity index (χ4v) is 6.03. The van der Waals surface area contributed by atoms with Gasteiger partial charge in [-0.1, -0.05) is 45.0 Å². The molecule has 0 saturated carbocycles. The quantitative estimate of drug-likeness (QED) is 0.338. The SMILES string of the molecule is CCC(c1ccc(N2C(=O)c3cccc(C)c3C2=O)cc1)[C@H](NC(=O)C(CC)(CC)C(=O)N1CCCC1)C(=O)O. The van der Waals surface area contributed by atoms with Crippen molar-refractivity contribution in [2.75, 3.05) is 18.0 Å². The summed E-state index contributed by atoms with van der Waals surface area (Å²) in [5.41, 5.74) is 1.15. The molecule has 9 nitrogen and oxygen atoms in total. The highest BCUT2D eigenvalue weighted by atomic mass is 16.4. The average Bonchev–Trinajstić information content (AvgIpc) is 3.57. The molecule has 4 rings (SSSR count). The van der Waals surface area contributed by atoms with Gasteiger partial charge in [-0.25, -0.2) is 9.69 Å². The van der Waals surface area contributed by atoms with E-state index in [0.29, 0.717) is 41.9 Å². The minimum atomic E-state index is -1.33. The molecule has 2 aliphatic heterocycles. The molecule has 212 valence electrons. The number of benzene rings is 2. The second-order valence-corrected chi connectivity index (χ2v) is 10.6. The third-order valence-corrected chi connectivity index (χ3v) is 8.54. The van der Waals surface area contributed by atoms with Crippen molar-refractivity contribution in [1.29, 1.82) is 0 Å². The number of imide groups is 1. The zero-order chi connectivity index (χ0) is 29.2. The molecule has 2 N–H and O–H groups in total. The minimum Gasteiger partial charge on any atom is -0.480 e. The molecule has 0 aliphatic carbocycles. The van der Waals surface area contributed by atoms with Gasteiger partial charge in [0.05, 0.1) is 16.8 Å². The first-order valence-corrected chi connectivity index (χ1v) is 14.0. The lowest BCUT2D eigenvalue weighted by Gasteiger charge is -2.35. The van der Waals surface area contributed by atoms with Crippen molar-refractivity contribution in [2.45, 2.75) is 71.8 Å². The number of aryl methyl sites for hydroxylation is 1. The van der Waals surface area contributed by atoms with Crippen LogP contribution >= 0.6 is 0 Å². The van der Waals surface area contributed by atoms with Gasteiger partial charge in [-0.15, -0.1) is 0 Å². The molecule has 2 aromatic rings. The third kappa shape index (κ3) is 4.89. The summed E-state index contributed by atoms with van der Waals surface area (Å²) in [5, 5.41) is 12.9. The van der Waals surface area contributed by atoms with Crippen LogP contribution in [0.3, 0.4) is 0 Å². The van der Waals surface area contributed by atoms with Gasteiger partial charge in [-0.3, -0.25) is 19.2 Å². The van der Waals surface area contributed by atoms with E-state index in [1.54, 1.807) is 68.1 Å². The number of amides is 4. The van der Waals surface area contributed by atoms with Crippen molar-refractivity contribution in [1.82, 2.24) is 10.2 Å². The van der Waals surface area contributed by atoms with Crippen LogP contribution in [0.5, 0.6) is 0 Å². The molecule has 1 fully saturated rings. The molecule has 40 heavy (non-hydrogen) atoms. The van der Waals surface area contributed by atoms with Gasteiger partial charge >= 0.3 is 5.97 Å². The molecule has 0 bridgehead atoms. The summed E-state index contributed by atoms with van der Waals surface area (Å²) < 4.78 is 0.